The van der Waals surface area contributed by atoms with Gasteiger partial charge in [0.2, 0.25) is 5.91 Å². The van der Waals surface area contributed by atoms with Gasteiger partial charge in [-0.05, 0) is 12.3 Å². The number of amides is 1. The van der Waals surface area contributed by atoms with Crippen LogP contribution >= 0.6 is 0 Å². The monoisotopic (exact) mass is 346 g/mol. The Labute approximate surface area is 147 Å². The standard InChI is InChI=1S/C18H26N4O3/c1-20-7-6-19-15(20)10-21-8-14-9-22(12-18(14,11-21)17(24)25)16(23)5-4-13-2-3-13/h6-7,13-14H,2-5,8-12H2,1H3,(H,24,25)/t14?,18-/m1/s1. The second kappa shape index (κ2) is 6.12. The molecule has 2 saturated heterocycles. The van der Waals surface area contributed by atoms with Crippen LogP contribution in [0, 0.1) is 17.3 Å². The summed E-state index contributed by atoms with van der Waals surface area (Å²) >= 11 is 0. The first-order valence-corrected chi connectivity index (χ1v) is 9.17. The van der Waals surface area contributed by atoms with Gasteiger partial charge in [0.25, 0.3) is 0 Å². The molecule has 1 aliphatic carbocycles. The fourth-order valence-corrected chi connectivity index (χ4v) is 4.42. The van der Waals surface area contributed by atoms with E-state index in [1.807, 2.05) is 17.8 Å². The van der Waals surface area contributed by atoms with Crippen LogP contribution in [-0.2, 0) is 23.2 Å². The maximum absolute atomic E-state index is 12.5. The molecule has 1 saturated carbocycles. The molecule has 7 heteroatoms. The molecule has 25 heavy (non-hydrogen) atoms. The fourth-order valence-electron chi connectivity index (χ4n) is 4.42. The van der Waals surface area contributed by atoms with Gasteiger partial charge in [-0.1, -0.05) is 12.8 Å². The first-order valence-electron chi connectivity index (χ1n) is 9.17. The second-order valence-electron chi connectivity index (χ2n) is 8.04. The quantitative estimate of drug-likeness (QED) is 0.830. The zero-order chi connectivity index (χ0) is 17.6. The normalized spacial score (nSPS) is 29.2. The average molecular weight is 346 g/mol. The predicted octanol–water partition coefficient (Wildman–Crippen LogP) is 0.955. The van der Waals surface area contributed by atoms with E-state index in [2.05, 4.69) is 9.88 Å². The molecule has 4 rings (SSSR count). The molecule has 2 atom stereocenters. The molecule has 3 heterocycles. The van der Waals surface area contributed by atoms with Crippen molar-refractivity contribution >= 4 is 11.9 Å². The lowest BCUT2D eigenvalue weighted by Gasteiger charge is -2.25. The van der Waals surface area contributed by atoms with Gasteiger partial charge in [0.05, 0.1) is 6.54 Å². The van der Waals surface area contributed by atoms with Crippen LogP contribution in [0.15, 0.2) is 12.4 Å². The van der Waals surface area contributed by atoms with Gasteiger partial charge >= 0.3 is 5.97 Å². The molecule has 1 amide bonds. The van der Waals surface area contributed by atoms with Gasteiger partial charge in [-0.3, -0.25) is 14.5 Å². The van der Waals surface area contributed by atoms with E-state index in [1.165, 1.54) is 12.8 Å². The average Bonchev–Trinajstić information content (AvgIpc) is 3.05. The number of imidazole rings is 1. The first kappa shape index (κ1) is 16.6. The fraction of sp³-hybridized carbons (Fsp3) is 0.722. The molecule has 1 unspecified atom stereocenters. The van der Waals surface area contributed by atoms with Crippen molar-refractivity contribution in [1.29, 1.82) is 0 Å². The lowest BCUT2D eigenvalue weighted by Crippen LogP contribution is -2.42. The first-order chi connectivity index (χ1) is 12.0. The minimum atomic E-state index is -0.819. The topological polar surface area (TPSA) is 78.7 Å². The van der Waals surface area contributed by atoms with Crippen LogP contribution in [0.1, 0.15) is 31.5 Å². The van der Waals surface area contributed by atoms with Gasteiger partial charge in [-0.25, -0.2) is 4.98 Å². The Hall–Kier alpha value is -1.89. The number of aryl methyl sites for hydroxylation is 1. The van der Waals surface area contributed by atoms with Crippen molar-refractivity contribution in [3.8, 4) is 0 Å². The van der Waals surface area contributed by atoms with E-state index in [-0.39, 0.29) is 11.8 Å². The van der Waals surface area contributed by atoms with Crippen LogP contribution in [0.5, 0.6) is 0 Å². The van der Waals surface area contributed by atoms with Crippen molar-refractivity contribution < 1.29 is 14.7 Å². The van der Waals surface area contributed by atoms with E-state index in [0.717, 1.165) is 18.2 Å². The number of carboxylic acid groups (broad SMARTS) is 1. The van der Waals surface area contributed by atoms with Crippen molar-refractivity contribution in [3.63, 3.8) is 0 Å². The third kappa shape index (κ3) is 3.05. The van der Waals surface area contributed by atoms with Crippen LogP contribution in [0.2, 0.25) is 0 Å². The highest BCUT2D eigenvalue weighted by molar-refractivity contribution is 5.81. The number of nitrogens with zero attached hydrogens (tertiary/aromatic N) is 4. The van der Waals surface area contributed by atoms with Gasteiger partial charge in [0.15, 0.2) is 0 Å². The Morgan fingerprint density at radius 2 is 2.12 bits per heavy atom. The minimum Gasteiger partial charge on any atom is -0.481 e. The molecule has 0 aromatic carbocycles. The summed E-state index contributed by atoms with van der Waals surface area (Å²) in [5.41, 5.74) is -0.819. The minimum absolute atomic E-state index is 0.00939. The highest BCUT2D eigenvalue weighted by atomic mass is 16.4. The molecule has 7 nitrogen and oxygen atoms in total. The number of hydrogen-bond acceptors (Lipinski definition) is 4. The van der Waals surface area contributed by atoms with Crippen molar-refractivity contribution in [2.24, 2.45) is 24.3 Å². The maximum Gasteiger partial charge on any atom is 0.313 e. The van der Waals surface area contributed by atoms with Crippen molar-refractivity contribution in [1.82, 2.24) is 19.4 Å². The SMILES string of the molecule is Cn1ccnc1CN1CC2CN(C(=O)CCC3CC3)C[C@]2(C(=O)O)C1. The number of carbonyl (C=O) groups excluding carboxylic acids is 1. The van der Waals surface area contributed by atoms with Gasteiger partial charge in [0, 0.05) is 58.0 Å². The molecule has 0 radical (unpaired) electrons. The third-order valence-corrected chi connectivity index (χ3v) is 6.21. The van der Waals surface area contributed by atoms with E-state index in [1.54, 1.807) is 11.1 Å². The predicted molar refractivity (Wildman–Crippen MR) is 90.6 cm³/mol. The summed E-state index contributed by atoms with van der Waals surface area (Å²) in [7, 11) is 1.95. The maximum atomic E-state index is 12.5. The number of aliphatic carboxylic acids is 1. The Bertz CT molecular complexity index is 684. The second-order valence-corrected chi connectivity index (χ2v) is 8.04. The Kier molecular flexibility index (Phi) is 4.06. The summed E-state index contributed by atoms with van der Waals surface area (Å²) < 4.78 is 1.97. The molecule has 3 fully saturated rings. The number of aromatic nitrogens is 2. The molecule has 1 aromatic heterocycles. The summed E-state index contributed by atoms with van der Waals surface area (Å²) in [4.78, 5) is 32.9. The lowest BCUT2D eigenvalue weighted by molar-refractivity contribution is -0.149. The molecular weight excluding hydrogens is 320 g/mol. The Morgan fingerprint density at radius 1 is 1.32 bits per heavy atom. The van der Waals surface area contributed by atoms with E-state index >= 15 is 0 Å². The number of rotatable bonds is 6. The number of hydrogen-bond donors (Lipinski definition) is 1. The molecule has 1 N–H and O–H groups in total. The number of carboxylic acids is 1. The largest absolute Gasteiger partial charge is 0.481 e. The molecule has 3 aliphatic rings. The van der Waals surface area contributed by atoms with Crippen LogP contribution in [0.4, 0.5) is 0 Å². The molecule has 0 bridgehead atoms. The zero-order valence-corrected chi connectivity index (χ0v) is 14.7. The van der Waals surface area contributed by atoms with Gasteiger partial charge in [-0.15, -0.1) is 0 Å². The summed E-state index contributed by atoms with van der Waals surface area (Å²) in [6, 6.07) is 0. The smallest absolute Gasteiger partial charge is 0.313 e. The molecule has 1 aromatic rings. The Morgan fingerprint density at radius 3 is 2.72 bits per heavy atom. The lowest BCUT2D eigenvalue weighted by atomic mass is 9.81. The van der Waals surface area contributed by atoms with Gasteiger partial charge < -0.3 is 14.6 Å². The summed E-state index contributed by atoms with van der Waals surface area (Å²) in [5, 5.41) is 9.91. The van der Waals surface area contributed by atoms with E-state index < -0.39 is 11.4 Å². The molecule has 0 spiro atoms. The molecular formula is C18H26N4O3. The van der Waals surface area contributed by atoms with Crippen LogP contribution in [-0.4, -0.2) is 62.5 Å². The van der Waals surface area contributed by atoms with Gasteiger partial charge in [-0.2, -0.15) is 0 Å². The summed E-state index contributed by atoms with van der Waals surface area (Å²) in [6.45, 7) is 2.79. The van der Waals surface area contributed by atoms with Crippen molar-refractivity contribution in [2.45, 2.75) is 32.2 Å². The summed E-state index contributed by atoms with van der Waals surface area (Å²) in [6.07, 6.45) is 7.70. The zero-order valence-electron chi connectivity index (χ0n) is 14.7. The van der Waals surface area contributed by atoms with E-state index in [4.69, 9.17) is 0 Å². The third-order valence-electron chi connectivity index (χ3n) is 6.21. The van der Waals surface area contributed by atoms with E-state index in [9.17, 15) is 14.7 Å². The van der Waals surface area contributed by atoms with Crippen LogP contribution < -0.4 is 0 Å². The van der Waals surface area contributed by atoms with Crippen molar-refractivity contribution in [3.05, 3.63) is 18.2 Å². The molecule has 136 valence electrons. The Balaban J connectivity index is 1.41. The summed E-state index contributed by atoms with van der Waals surface area (Å²) in [5.74, 6) is 1.05. The van der Waals surface area contributed by atoms with Crippen LogP contribution in [0.3, 0.4) is 0 Å². The highest BCUT2D eigenvalue weighted by Gasteiger charge is 2.58. The van der Waals surface area contributed by atoms with E-state index in [0.29, 0.717) is 39.1 Å². The number of likely N-dealkylation sites (tertiary alicyclic amines) is 2. The van der Waals surface area contributed by atoms with Crippen LogP contribution in [0.25, 0.3) is 0 Å². The number of carbonyl (C=O) groups is 2. The van der Waals surface area contributed by atoms with Gasteiger partial charge in [0.1, 0.15) is 11.2 Å². The highest BCUT2D eigenvalue weighted by Crippen LogP contribution is 2.43. The molecule has 2 aliphatic heterocycles. The van der Waals surface area contributed by atoms with Crippen molar-refractivity contribution in [2.75, 3.05) is 26.2 Å². The number of fused-ring (bicyclic) bond motifs is 1.